The Balaban J connectivity index is 1.53. The van der Waals surface area contributed by atoms with Crippen LogP contribution in [-0.2, 0) is 12.7 Å². The van der Waals surface area contributed by atoms with Crippen molar-refractivity contribution in [3.63, 3.8) is 0 Å². The Kier molecular flexibility index (Phi) is 7.75. The van der Waals surface area contributed by atoms with Crippen molar-refractivity contribution in [1.82, 2.24) is 29.7 Å². The molecular formula is C23H19F7N8O2. The summed E-state index contributed by atoms with van der Waals surface area (Å²) in [5, 5.41) is 7.18. The summed E-state index contributed by atoms with van der Waals surface area (Å²) < 4.78 is 96.0. The maximum atomic E-state index is 14.9. The van der Waals surface area contributed by atoms with Crippen LogP contribution in [0, 0.1) is 5.82 Å². The molecule has 0 saturated carbocycles. The van der Waals surface area contributed by atoms with Gasteiger partial charge in [0.1, 0.15) is 23.4 Å². The number of nitrogens with two attached hydrogens (primary N) is 1. The van der Waals surface area contributed by atoms with Gasteiger partial charge in [0, 0.05) is 18.7 Å². The van der Waals surface area contributed by atoms with Crippen molar-refractivity contribution in [2.45, 2.75) is 44.7 Å². The molecule has 0 spiro atoms. The minimum atomic E-state index is -4.99. The first-order chi connectivity index (χ1) is 18.8. The fourth-order valence-corrected chi connectivity index (χ4v) is 3.97. The topological polar surface area (TPSA) is 144 Å². The van der Waals surface area contributed by atoms with Gasteiger partial charge < -0.3 is 11.1 Å². The molecule has 0 aliphatic heterocycles. The molecule has 0 aliphatic carbocycles. The van der Waals surface area contributed by atoms with E-state index in [1.165, 1.54) is 6.92 Å². The van der Waals surface area contributed by atoms with Crippen molar-refractivity contribution in [2.75, 3.05) is 11.1 Å². The molecule has 1 aromatic carbocycles. The molecule has 0 radical (unpaired) electrons. The third-order valence-corrected chi connectivity index (χ3v) is 5.78. The van der Waals surface area contributed by atoms with Gasteiger partial charge in [-0.05, 0) is 19.1 Å². The lowest BCUT2D eigenvalue weighted by atomic mass is 10.1. The van der Waals surface area contributed by atoms with E-state index in [1.807, 2.05) is 0 Å². The fourth-order valence-electron chi connectivity index (χ4n) is 3.97. The highest BCUT2D eigenvalue weighted by Crippen LogP contribution is 2.32. The van der Waals surface area contributed by atoms with Gasteiger partial charge in [-0.15, -0.1) is 0 Å². The summed E-state index contributed by atoms with van der Waals surface area (Å²) in [6.45, 7) is 0.806. The van der Waals surface area contributed by atoms with Crippen LogP contribution >= 0.6 is 0 Å². The van der Waals surface area contributed by atoms with Gasteiger partial charge in [-0.1, -0.05) is 0 Å². The number of halogens is 7. The van der Waals surface area contributed by atoms with Crippen LogP contribution in [0.1, 0.15) is 30.9 Å². The Morgan fingerprint density at radius 1 is 1.12 bits per heavy atom. The lowest BCUT2D eigenvalue weighted by Crippen LogP contribution is -2.30. The average molecular weight is 572 g/mol. The number of nitrogen functional groups attached to an aromatic ring is 1. The predicted octanol–water partition coefficient (Wildman–Crippen LogP) is 3.84. The number of alkyl halides is 6. The number of nitrogens with zero attached hydrogens (tertiary/aromatic N) is 5. The summed E-state index contributed by atoms with van der Waals surface area (Å²) in [7, 11) is 0. The predicted molar refractivity (Wildman–Crippen MR) is 129 cm³/mol. The third kappa shape index (κ3) is 5.86. The molecule has 0 bridgehead atoms. The van der Waals surface area contributed by atoms with Crippen LogP contribution in [0.15, 0.2) is 40.4 Å². The first-order valence-electron chi connectivity index (χ1n) is 11.4. The van der Waals surface area contributed by atoms with E-state index < -0.39 is 70.9 Å². The van der Waals surface area contributed by atoms with E-state index in [0.29, 0.717) is 0 Å². The smallest absolute Gasteiger partial charge is 0.383 e. The Labute approximate surface area is 219 Å². The molecule has 4 rings (SSSR count). The molecule has 17 heteroatoms. The molecule has 0 saturated heterocycles. The molecule has 3 aromatic heterocycles. The number of fused-ring (bicyclic) bond motifs is 1. The maximum absolute atomic E-state index is 14.9. The lowest BCUT2D eigenvalue weighted by molar-refractivity contribution is -0.138. The summed E-state index contributed by atoms with van der Waals surface area (Å²) in [5.41, 5.74) is 0.138. The quantitative estimate of drug-likeness (QED) is 0.270. The number of aromatic amines is 1. The van der Waals surface area contributed by atoms with Crippen LogP contribution in [0.4, 0.5) is 42.2 Å². The van der Waals surface area contributed by atoms with Crippen LogP contribution in [0.3, 0.4) is 0 Å². The summed E-state index contributed by atoms with van der Waals surface area (Å²) in [5.74, 6) is -1.86. The average Bonchev–Trinajstić information content (AvgIpc) is 2.84. The summed E-state index contributed by atoms with van der Waals surface area (Å²) >= 11 is 0. The van der Waals surface area contributed by atoms with Gasteiger partial charge in [-0.3, -0.25) is 14.2 Å². The molecule has 0 amide bonds. The van der Waals surface area contributed by atoms with Gasteiger partial charge in [-0.2, -0.15) is 18.3 Å². The molecule has 4 aromatic rings. The van der Waals surface area contributed by atoms with Crippen molar-refractivity contribution < 1.29 is 30.7 Å². The highest BCUT2D eigenvalue weighted by atomic mass is 19.4. The highest BCUT2D eigenvalue weighted by molar-refractivity contribution is 5.82. The molecular weight excluding hydrogens is 553 g/mol. The van der Waals surface area contributed by atoms with E-state index in [9.17, 15) is 40.3 Å². The van der Waals surface area contributed by atoms with Gasteiger partial charge >= 0.3 is 6.18 Å². The van der Waals surface area contributed by atoms with Crippen LogP contribution in [0.25, 0.3) is 22.3 Å². The Bertz CT molecular complexity index is 1670. The third-order valence-electron chi connectivity index (χ3n) is 5.78. The van der Waals surface area contributed by atoms with Gasteiger partial charge in [0.25, 0.3) is 17.5 Å². The largest absolute Gasteiger partial charge is 0.423 e. The van der Waals surface area contributed by atoms with E-state index in [4.69, 9.17) is 5.73 Å². The van der Waals surface area contributed by atoms with Crippen molar-refractivity contribution in [3.05, 3.63) is 68.5 Å². The molecule has 2 unspecified atom stereocenters. The second-order valence-corrected chi connectivity index (χ2v) is 8.75. The van der Waals surface area contributed by atoms with Gasteiger partial charge in [0.15, 0.2) is 5.82 Å². The number of anilines is 2. The zero-order valence-electron chi connectivity index (χ0n) is 20.3. The van der Waals surface area contributed by atoms with Crippen molar-refractivity contribution in [1.29, 1.82) is 0 Å². The van der Waals surface area contributed by atoms with E-state index in [-0.39, 0.29) is 28.7 Å². The normalized spacial score (nSPS) is 13.5. The van der Waals surface area contributed by atoms with Crippen LogP contribution in [0.2, 0.25) is 0 Å². The highest BCUT2D eigenvalue weighted by Gasteiger charge is 2.37. The monoisotopic (exact) mass is 572 g/mol. The number of hydrogen-bond acceptors (Lipinski definition) is 8. The number of H-pyrrole nitrogens is 1. The molecule has 3 heterocycles. The Morgan fingerprint density at radius 2 is 1.85 bits per heavy atom. The van der Waals surface area contributed by atoms with E-state index in [1.54, 1.807) is 5.10 Å². The van der Waals surface area contributed by atoms with E-state index in [2.05, 4.69) is 25.4 Å². The second kappa shape index (κ2) is 10.9. The minimum Gasteiger partial charge on any atom is -0.383 e. The summed E-state index contributed by atoms with van der Waals surface area (Å²) in [6, 6.07) is 1.00. The molecule has 40 heavy (non-hydrogen) atoms. The van der Waals surface area contributed by atoms with Crippen molar-refractivity contribution >= 4 is 22.4 Å². The SMILES string of the molecule is CC(CC(F)Cn1cnc2cc(-c3ncc(C(F)F)c(N)n3)c(F)cc2c1=O)Nc1cn[nH]c(=O)c1C(F)(F)F. The number of rotatable bonds is 8. The second-order valence-electron chi connectivity index (χ2n) is 8.75. The Morgan fingerprint density at radius 3 is 2.50 bits per heavy atom. The van der Waals surface area contributed by atoms with Gasteiger partial charge in [0.2, 0.25) is 0 Å². The zero-order valence-corrected chi connectivity index (χ0v) is 20.3. The summed E-state index contributed by atoms with van der Waals surface area (Å²) in [4.78, 5) is 35.9. The number of nitrogens with one attached hydrogen (secondary N) is 2. The molecule has 0 fully saturated rings. The molecule has 2 atom stereocenters. The molecule has 4 N–H and O–H groups in total. The van der Waals surface area contributed by atoms with Crippen LogP contribution in [0.5, 0.6) is 0 Å². The number of aromatic nitrogens is 6. The van der Waals surface area contributed by atoms with Crippen molar-refractivity contribution in [3.8, 4) is 11.4 Å². The van der Waals surface area contributed by atoms with E-state index >= 15 is 0 Å². The van der Waals surface area contributed by atoms with Gasteiger partial charge in [-0.25, -0.2) is 37.6 Å². The first kappa shape index (κ1) is 28.4. The number of hydrogen-bond donors (Lipinski definition) is 3. The van der Waals surface area contributed by atoms with Crippen LogP contribution in [-0.4, -0.2) is 41.9 Å². The first-order valence-corrected chi connectivity index (χ1v) is 11.4. The van der Waals surface area contributed by atoms with Crippen LogP contribution < -0.4 is 22.2 Å². The molecule has 0 aliphatic rings. The lowest BCUT2D eigenvalue weighted by Gasteiger charge is -2.20. The van der Waals surface area contributed by atoms with Crippen molar-refractivity contribution in [2.24, 2.45) is 0 Å². The summed E-state index contributed by atoms with van der Waals surface area (Å²) in [6.07, 6.45) is -7.57. The molecule has 212 valence electrons. The molecule has 10 nitrogen and oxygen atoms in total. The zero-order chi connectivity index (χ0) is 29.4. The minimum absolute atomic E-state index is 0.0234. The fraction of sp³-hybridized carbons (Fsp3) is 0.304. The maximum Gasteiger partial charge on any atom is 0.423 e. The Hall–Kier alpha value is -4.57. The van der Waals surface area contributed by atoms with Gasteiger partial charge in [0.05, 0.1) is 46.8 Å². The number of benzene rings is 1. The van der Waals surface area contributed by atoms with E-state index in [0.717, 1.165) is 35.4 Å². The standard InChI is InChI=1S/C23H19F7N8O2/c1-9(35-16-6-34-37-21(39)17(16)23(28,29)30)2-10(24)7-38-8-33-15-4-11(14(25)3-12(15)22(38)40)20-32-5-13(18(26)27)19(31)36-20/h3-6,8-10,18H,2,7H2,1H3,(H2,31,32,36)(H2,35,37,39).